The third-order valence-electron chi connectivity index (χ3n) is 2.14. The minimum Gasteiger partial charge on any atom is -0.493 e. The van der Waals surface area contributed by atoms with Gasteiger partial charge >= 0.3 is 0 Å². The van der Waals surface area contributed by atoms with Crippen LogP contribution < -0.4 is 9.47 Å². The Hall–Kier alpha value is -1.51. The van der Waals surface area contributed by atoms with Gasteiger partial charge in [-0.15, -0.1) is 0 Å². The molecule has 0 heterocycles. The SMILES string of the molecule is CC.CCCOc1cc(C=O)c(C)cc1OC. The quantitative estimate of drug-likeness (QED) is 0.735. The van der Waals surface area contributed by atoms with Gasteiger partial charge in [0.2, 0.25) is 0 Å². The standard InChI is InChI=1S/C12H16O3.C2H6/c1-4-5-15-12-7-10(8-13)9(2)6-11(12)14-3;1-2/h6-8H,4-5H2,1-3H3;1-2H3. The summed E-state index contributed by atoms with van der Waals surface area (Å²) >= 11 is 0. The summed E-state index contributed by atoms with van der Waals surface area (Å²) in [5.74, 6) is 1.30. The van der Waals surface area contributed by atoms with Crippen LogP contribution in [-0.4, -0.2) is 20.0 Å². The number of carbonyl (C=O) groups excluding carboxylic acids is 1. The molecule has 0 unspecified atom stereocenters. The molecule has 0 radical (unpaired) electrons. The normalized spacial score (nSPS) is 9.00. The van der Waals surface area contributed by atoms with Crippen molar-refractivity contribution < 1.29 is 14.3 Å². The smallest absolute Gasteiger partial charge is 0.161 e. The maximum Gasteiger partial charge on any atom is 0.161 e. The zero-order valence-corrected chi connectivity index (χ0v) is 11.4. The molecule has 0 N–H and O–H groups in total. The van der Waals surface area contributed by atoms with Crippen LogP contribution in [0.3, 0.4) is 0 Å². The fourth-order valence-corrected chi connectivity index (χ4v) is 1.29. The first-order valence-electron chi connectivity index (χ1n) is 5.99. The molecule has 0 fully saturated rings. The zero-order valence-electron chi connectivity index (χ0n) is 11.4. The first kappa shape index (κ1) is 15.5. The molecule has 0 bridgehead atoms. The molecular weight excluding hydrogens is 216 g/mol. The number of ether oxygens (including phenoxy) is 2. The van der Waals surface area contributed by atoms with Crippen molar-refractivity contribution in [1.82, 2.24) is 0 Å². The molecular formula is C14H22O3. The first-order chi connectivity index (χ1) is 8.22. The Morgan fingerprint density at radius 2 is 1.88 bits per heavy atom. The molecule has 0 amide bonds. The maximum absolute atomic E-state index is 10.8. The molecule has 17 heavy (non-hydrogen) atoms. The van der Waals surface area contributed by atoms with E-state index in [4.69, 9.17) is 9.47 Å². The molecule has 0 aliphatic rings. The Morgan fingerprint density at radius 3 is 2.35 bits per heavy atom. The van der Waals surface area contributed by atoms with Crippen molar-refractivity contribution in [2.75, 3.05) is 13.7 Å². The average Bonchev–Trinajstić information content (AvgIpc) is 2.39. The molecule has 1 aromatic carbocycles. The molecule has 0 atom stereocenters. The molecule has 3 nitrogen and oxygen atoms in total. The van der Waals surface area contributed by atoms with E-state index in [9.17, 15) is 4.79 Å². The van der Waals surface area contributed by atoms with E-state index in [1.54, 1.807) is 13.2 Å². The van der Waals surface area contributed by atoms with Gasteiger partial charge in [0, 0.05) is 5.56 Å². The minimum atomic E-state index is 0.623. The van der Waals surface area contributed by atoms with Gasteiger partial charge in [-0.25, -0.2) is 0 Å². The lowest BCUT2D eigenvalue weighted by Crippen LogP contribution is -1.99. The highest BCUT2D eigenvalue weighted by Crippen LogP contribution is 2.29. The lowest BCUT2D eigenvalue weighted by molar-refractivity contribution is 0.112. The van der Waals surface area contributed by atoms with Crippen molar-refractivity contribution in [3.63, 3.8) is 0 Å². The fourth-order valence-electron chi connectivity index (χ4n) is 1.29. The second-order valence-electron chi connectivity index (χ2n) is 3.33. The molecule has 1 aromatic rings. The summed E-state index contributed by atoms with van der Waals surface area (Å²) in [7, 11) is 1.59. The fraction of sp³-hybridized carbons (Fsp3) is 0.500. The number of hydrogen-bond donors (Lipinski definition) is 0. The van der Waals surface area contributed by atoms with E-state index in [0.717, 1.165) is 18.3 Å². The van der Waals surface area contributed by atoms with Crippen molar-refractivity contribution in [2.24, 2.45) is 0 Å². The van der Waals surface area contributed by atoms with Crippen LogP contribution in [0, 0.1) is 6.92 Å². The van der Waals surface area contributed by atoms with E-state index in [-0.39, 0.29) is 0 Å². The van der Waals surface area contributed by atoms with Crippen LogP contribution in [0.25, 0.3) is 0 Å². The largest absolute Gasteiger partial charge is 0.493 e. The van der Waals surface area contributed by atoms with Gasteiger partial charge in [-0.3, -0.25) is 4.79 Å². The molecule has 1 rings (SSSR count). The van der Waals surface area contributed by atoms with Crippen molar-refractivity contribution >= 4 is 6.29 Å². The van der Waals surface area contributed by atoms with Crippen molar-refractivity contribution in [3.05, 3.63) is 23.3 Å². The maximum atomic E-state index is 10.8. The molecule has 0 saturated heterocycles. The highest BCUT2D eigenvalue weighted by Gasteiger charge is 2.08. The van der Waals surface area contributed by atoms with Crippen molar-refractivity contribution in [3.8, 4) is 11.5 Å². The Kier molecular flexibility index (Phi) is 7.85. The lowest BCUT2D eigenvalue weighted by Gasteiger charge is -2.11. The Morgan fingerprint density at radius 1 is 1.24 bits per heavy atom. The number of aldehydes is 1. The van der Waals surface area contributed by atoms with E-state index in [0.29, 0.717) is 23.7 Å². The minimum absolute atomic E-state index is 0.623. The van der Waals surface area contributed by atoms with Crippen LogP contribution in [0.15, 0.2) is 12.1 Å². The first-order valence-corrected chi connectivity index (χ1v) is 5.99. The Balaban J connectivity index is 0.00000121. The predicted octanol–water partition coefficient (Wildman–Crippen LogP) is 3.63. The van der Waals surface area contributed by atoms with E-state index in [1.807, 2.05) is 33.8 Å². The second kappa shape index (κ2) is 8.62. The van der Waals surface area contributed by atoms with E-state index in [1.165, 1.54) is 0 Å². The number of benzene rings is 1. The van der Waals surface area contributed by atoms with Gasteiger partial charge in [0.05, 0.1) is 13.7 Å². The van der Waals surface area contributed by atoms with Gasteiger partial charge in [-0.2, -0.15) is 0 Å². The number of carbonyl (C=O) groups is 1. The monoisotopic (exact) mass is 238 g/mol. The van der Waals surface area contributed by atoms with Gasteiger partial charge in [0.1, 0.15) is 6.29 Å². The van der Waals surface area contributed by atoms with Gasteiger partial charge in [-0.1, -0.05) is 20.8 Å². The number of rotatable bonds is 5. The van der Waals surface area contributed by atoms with Crippen LogP contribution in [-0.2, 0) is 0 Å². The molecule has 0 saturated carbocycles. The van der Waals surface area contributed by atoms with Crippen LogP contribution in [0.2, 0.25) is 0 Å². The second-order valence-corrected chi connectivity index (χ2v) is 3.33. The van der Waals surface area contributed by atoms with Crippen LogP contribution in [0.4, 0.5) is 0 Å². The number of methoxy groups -OCH3 is 1. The van der Waals surface area contributed by atoms with Crippen LogP contribution >= 0.6 is 0 Å². The number of hydrogen-bond acceptors (Lipinski definition) is 3. The summed E-state index contributed by atoms with van der Waals surface area (Å²) in [5, 5.41) is 0. The van der Waals surface area contributed by atoms with Crippen molar-refractivity contribution in [1.29, 1.82) is 0 Å². The molecule has 0 aromatic heterocycles. The van der Waals surface area contributed by atoms with Gasteiger partial charge in [0.15, 0.2) is 11.5 Å². The van der Waals surface area contributed by atoms with E-state index < -0.39 is 0 Å². The Bertz CT molecular complexity index is 346. The average molecular weight is 238 g/mol. The summed E-state index contributed by atoms with van der Waals surface area (Å²) in [6.07, 6.45) is 1.75. The van der Waals surface area contributed by atoms with E-state index in [2.05, 4.69) is 0 Å². The third kappa shape index (κ3) is 4.47. The molecule has 96 valence electrons. The van der Waals surface area contributed by atoms with Crippen molar-refractivity contribution in [2.45, 2.75) is 34.1 Å². The van der Waals surface area contributed by atoms with Crippen LogP contribution in [0.5, 0.6) is 11.5 Å². The topological polar surface area (TPSA) is 35.5 Å². The summed E-state index contributed by atoms with van der Waals surface area (Å²) in [6, 6.07) is 3.53. The highest BCUT2D eigenvalue weighted by molar-refractivity contribution is 5.79. The summed E-state index contributed by atoms with van der Waals surface area (Å²) in [5.41, 5.74) is 1.53. The van der Waals surface area contributed by atoms with Gasteiger partial charge < -0.3 is 9.47 Å². The van der Waals surface area contributed by atoms with Crippen LogP contribution in [0.1, 0.15) is 43.1 Å². The Labute approximate surface area is 104 Å². The lowest BCUT2D eigenvalue weighted by atomic mass is 10.1. The number of aryl methyl sites for hydroxylation is 1. The van der Waals surface area contributed by atoms with E-state index >= 15 is 0 Å². The zero-order chi connectivity index (χ0) is 13.3. The molecule has 0 aliphatic heterocycles. The molecule has 0 aliphatic carbocycles. The summed E-state index contributed by atoms with van der Waals surface area (Å²) < 4.78 is 10.7. The summed E-state index contributed by atoms with van der Waals surface area (Å²) in [4.78, 5) is 10.8. The predicted molar refractivity (Wildman–Crippen MR) is 70.3 cm³/mol. The third-order valence-corrected chi connectivity index (χ3v) is 2.14. The highest BCUT2D eigenvalue weighted by atomic mass is 16.5. The molecule has 0 spiro atoms. The van der Waals surface area contributed by atoms with Gasteiger partial charge in [0.25, 0.3) is 0 Å². The van der Waals surface area contributed by atoms with Gasteiger partial charge in [-0.05, 0) is 31.0 Å². The molecule has 3 heteroatoms. The summed E-state index contributed by atoms with van der Waals surface area (Å²) in [6.45, 7) is 8.52.